The fourth-order valence-corrected chi connectivity index (χ4v) is 2.31. The number of nitrogens with zero attached hydrogens (tertiary/aromatic N) is 1. The van der Waals surface area contributed by atoms with Crippen LogP contribution >= 0.6 is 11.3 Å². The van der Waals surface area contributed by atoms with E-state index in [1.54, 1.807) is 5.51 Å². The van der Waals surface area contributed by atoms with Crippen molar-refractivity contribution in [2.24, 2.45) is 0 Å². The van der Waals surface area contributed by atoms with Gasteiger partial charge in [0.2, 0.25) is 0 Å². The highest BCUT2D eigenvalue weighted by Gasteiger charge is 2.14. The first-order valence-electron chi connectivity index (χ1n) is 5.62. The van der Waals surface area contributed by atoms with Gasteiger partial charge in [-0.15, -0.1) is 11.3 Å². The van der Waals surface area contributed by atoms with Crippen molar-refractivity contribution in [2.45, 2.75) is 13.3 Å². The number of benzene rings is 1. The number of rotatable bonds is 5. The van der Waals surface area contributed by atoms with Crippen LogP contribution in [0.4, 0.5) is 0 Å². The van der Waals surface area contributed by atoms with Crippen LogP contribution in [0.15, 0.2) is 29.8 Å². The van der Waals surface area contributed by atoms with Gasteiger partial charge < -0.3 is 9.84 Å². The van der Waals surface area contributed by atoms with Crippen LogP contribution in [-0.4, -0.2) is 22.7 Å². The van der Waals surface area contributed by atoms with Gasteiger partial charge in [-0.3, -0.25) is 0 Å². The molecule has 1 aromatic carbocycles. The summed E-state index contributed by atoms with van der Waals surface area (Å²) >= 11 is 1.32. The molecule has 2 aromatic rings. The van der Waals surface area contributed by atoms with Gasteiger partial charge >= 0.3 is 5.97 Å². The van der Waals surface area contributed by atoms with Gasteiger partial charge in [0.05, 0.1) is 17.0 Å². The first kappa shape index (κ1) is 12.6. The van der Waals surface area contributed by atoms with Crippen molar-refractivity contribution in [3.8, 4) is 16.2 Å². The van der Waals surface area contributed by atoms with Crippen molar-refractivity contribution >= 4 is 17.3 Å². The molecule has 1 aromatic heterocycles. The smallest absolute Gasteiger partial charge is 0.356 e. The summed E-state index contributed by atoms with van der Waals surface area (Å²) in [5.74, 6) is -0.209. The lowest BCUT2D eigenvalue weighted by molar-refractivity contribution is 0.0692. The number of hydrogen-bond donors (Lipinski definition) is 1. The second-order valence-electron chi connectivity index (χ2n) is 3.71. The molecule has 0 aliphatic heterocycles. The van der Waals surface area contributed by atoms with Crippen LogP contribution in [0.1, 0.15) is 23.8 Å². The molecule has 0 unspecified atom stereocenters. The highest BCUT2D eigenvalue weighted by molar-refractivity contribution is 7.13. The van der Waals surface area contributed by atoms with Crippen LogP contribution < -0.4 is 4.74 Å². The molecule has 5 heteroatoms. The number of aromatic nitrogens is 1. The molecular weight excluding hydrogens is 250 g/mol. The standard InChI is InChI=1S/C13H13NO3S/c1-2-7-17-10-5-3-9(4-6-10)12-11(13(15)16)14-8-18-12/h3-6,8H,2,7H2,1H3,(H,15,16). The fraction of sp³-hybridized carbons (Fsp3) is 0.231. The third kappa shape index (κ3) is 2.68. The molecule has 94 valence electrons. The van der Waals surface area contributed by atoms with Crippen LogP contribution in [0.5, 0.6) is 5.75 Å². The minimum atomic E-state index is -1.00. The average molecular weight is 263 g/mol. The zero-order valence-electron chi connectivity index (χ0n) is 9.92. The lowest BCUT2D eigenvalue weighted by atomic mass is 10.1. The summed E-state index contributed by atoms with van der Waals surface area (Å²) in [5.41, 5.74) is 2.49. The van der Waals surface area contributed by atoms with Crippen molar-refractivity contribution < 1.29 is 14.6 Å². The van der Waals surface area contributed by atoms with Gasteiger partial charge in [-0.2, -0.15) is 0 Å². The molecule has 4 nitrogen and oxygen atoms in total. The second-order valence-corrected chi connectivity index (χ2v) is 4.56. The van der Waals surface area contributed by atoms with E-state index in [0.717, 1.165) is 17.7 Å². The lowest BCUT2D eigenvalue weighted by Crippen LogP contribution is -1.98. The van der Waals surface area contributed by atoms with E-state index in [1.165, 1.54) is 11.3 Å². The van der Waals surface area contributed by atoms with Gasteiger partial charge in [-0.05, 0) is 36.2 Å². The molecule has 0 atom stereocenters. The maximum atomic E-state index is 11.0. The van der Waals surface area contributed by atoms with Gasteiger partial charge in [0.15, 0.2) is 5.69 Å². The Balaban J connectivity index is 2.23. The highest BCUT2D eigenvalue weighted by Crippen LogP contribution is 2.29. The molecule has 0 amide bonds. The van der Waals surface area contributed by atoms with Crippen molar-refractivity contribution in [3.63, 3.8) is 0 Å². The van der Waals surface area contributed by atoms with Crippen molar-refractivity contribution in [2.75, 3.05) is 6.61 Å². The molecule has 0 saturated heterocycles. The molecule has 0 aliphatic rings. The first-order chi connectivity index (χ1) is 8.72. The summed E-state index contributed by atoms with van der Waals surface area (Å²) in [6, 6.07) is 7.39. The Labute approximate surface area is 109 Å². The number of thiazole rings is 1. The SMILES string of the molecule is CCCOc1ccc(-c2scnc2C(=O)O)cc1. The summed E-state index contributed by atoms with van der Waals surface area (Å²) in [4.78, 5) is 15.5. The maximum absolute atomic E-state index is 11.0. The third-order valence-corrected chi connectivity index (χ3v) is 3.23. The Morgan fingerprint density at radius 2 is 2.11 bits per heavy atom. The summed E-state index contributed by atoms with van der Waals surface area (Å²) in [6.45, 7) is 2.73. The number of hydrogen-bond acceptors (Lipinski definition) is 4. The normalized spacial score (nSPS) is 10.3. The molecule has 0 aliphatic carbocycles. The van der Waals surface area contributed by atoms with Crippen LogP contribution in [0.3, 0.4) is 0 Å². The Bertz CT molecular complexity index is 533. The summed E-state index contributed by atoms with van der Waals surface area (Å²) in [6.07, 6.45) is 0.958. The summed E-state index contributed by atoms with van der Waals surface area (Å²) < 4.78 is 5.48. The minimum Gasteiger partial charge on any atom is -0.494 e. The molecule has 0 saturated carbocycles. The Kier molecular flexibility index (Phi) is 3.94. The lowest BCUT2D eigenvalue weighted by Gasteiger charge is -2.05. The highest BCUT2D eigenvalue weighted by atomic mass is 32.1. The van der Waals surface area contributed by atoms with E-state index in [9.17, 15) is 4.79 Å². The van der Waals surface area contributed by atoms with E-state index in [1.807, 2.05) is 31.2 Å². The molecule has 18 heavy (non-hydrogen) atoms. The van der Waals surface area contributed by atoms with E-state index in [-0.39, 0.29) is 5.69 Å². The zero-order chi connectivity index (χ0) is 13.0. The maximum Gasteiger partial charge on any atom is 0.356 e. The van der Waals surface area contributed by atoms with E-state index < -0.39 is 5.97 Å². The molecule has 0 spiro atoms. The number of aromatic carboxylic acids is 1. The first-order valence-corrected chi connectivity index (χ1v) is 6.50. The molecule has 2 rings (SSSR count). The van der Waals surface area contributed by atoms with Crippen LogP contribution in [-0.2, 0) is 0 Å². The number of carboxylic acid groups (broad SMARTS) is 1. The topological polar surface area (TPSA) is 59.4 Å². The molecule has 1 N–H and O–H groups in total. The summed E-state index contributed by atoms with van der Waals surface area (Å²) in [5, 5.41) is 9.01. The minimum absolute atomic E-state index is 0.0993. The van der Waals surface area contributed by atoms with E-state index in [0.29, 0.717) is 11.5 Å². The van der Waals surface area contributed by atoms with E-state index in [2.05, 4.69) is 4.98 Å². The molecule has 0 radical (unpaired) electrons. The van der Waals surface area contributed by atoms with E-state index >= 15 is 0 Å². The molecule has 1 heterocycles. The van der Waals surface area contributed by atoms with Crippen molar-refractivity contribution in [1.29, 1.82) is 0 Å². The number of carbonyl (C=O) groups is 1. The Morgan fingerprint density at radius 1 is 1.39 bits per heavy atom. The predicted octanol–water partition coefficient (Wildman–Crippen LogP) is 3.30. The molecule has 0 bridgehead atoms. The average Bonchev–Trinajstić information content (AvgIpc) is 2.86. The van der Waals surface area contributed by atoms with Crippen molar-refractivity contribution in [3.05, 3.63) is 35.5 Å². The molecule has 0 fully saturated rings. The van der Waals surface area contributed by atoms with Crippen LogP contribution in [0.2, 0.25) is 0 Å². The third-order valence-electron chi connectivity index (χ3n) is 2.36. The Morgan fingerprint density at radius 3 is 2.72 bits per heavy atom. The predicted molar refractivity (Wildman–Crippen MR) is 70.3 cm³/mol. The van der Waals surface area contributed by atoms with Gasteiger partial charge in [0, 0.05) is 0 Å². The number of carboxylic acids is 1. The van der Waals surface area contributed by atoms with Crippen LogP contribution in [0.25, 0.3) is 10.4 Å². The van der Waals surface area contributed by atoms with Gasteiger partial charge in [0.25, 0.3) is 0 Å². The second kappa shape index (κ2) is 5.64. The van der Waals surface area contributed by atoms with Crippen molar-refractivity contribution in [1.82, 2.24) is 4.98 Å². The largest absolute Gasteiger partial charge is 0.494 e. The fourth-order valence-electron chi connectivity index (χ4n) is 1.53. The number of ether oxygens (including phenoxy) is 1. The zero-order valence-corrected chi connectivity index (χ0v) is 10.7. The van der Waals surface area contributed by atoms with Gasteiger partial charge in [0.1, 0.15) is 5.75 Å². The molecular formula is C13H13NO3S. The van der Waals surface area contributed by atoms with E-state index in [4.69, 9.17) is 9.84 Å². The van der Waals surface area contributed by atoms with Gasteiger partial charge in [-0.1, -0.05) is 6.92 Å². The summed E-state index contributed by atoms with van der Waals surface area (Å²) in [7, 11) is 0. The van der Waals surface area contributed by atoms with Gasteiger partial charge in [-0.25, -0.2) is 9.78 Å². The van der Waals surface area contributed by atoms with Crippen LogP contribution in [0, 0.1) is 0 Å². The monoisotopic (exact) mass is 263 g/mol. The Hall–Kier alpha value is -1.88. The quantitative estimate of drug-likeness (QED) is 0.899.